The molecule has 0 fully saturated rings. The van der Waals surface area contributed by atoms with Gasteiger partial charge in [0.2, 0.25) is 0 Å². The second-order valence-corrected chi connectivity index (χ2v) is 3.66. The van der Waals surface area contributed by atoms with Gasteiger partial charge in [-0.05, 0) is 6.42 Å². The van der Waals surface area contributed by atoms with Crippen molar-refractivity contribution in [2.75, 3.05) is 12.3 Å². The number of nitrogen functional groups attached to an aromatic ring is 1. The van der Waals surface area contributed by atoms with Gasteiger partial charge < -0.3 is 11.1 Å². The maximum Gasteiger partial charge on any atom is 0.273 e. The molecule has 0 aliphatic carbocycles. The van der Waals surface area contributed by atoms with Crippen molar-refractivity contribution in [3.63, 3.8) is 0 Å². The van der Waals surface area contributed by atoms with Crippen LogP contribution in [0, 0.1) is 0 Å². The van der Waals surface area contributed by atoms with Gasteiger partial charge in [-0.15, -0.1) is 0 Å². The first-order valence-electron chi connectivity index (χ1n) is 5.43. The first kappa shape index (κ1) is 13.4. The summed E-state index contributed by atoms with van der Waals surface area (Å²) < 4.78 is 25.2. The number of unbranched alkanes of at least 4 members (excludes halogenated alkanes) is 1. The van der Waals surface area contributed by atoms with Gasteiger partial charge in [0.1, 0.15) is 6.54 Å². The largest absolute Gasteiger partial charge is 0.396 e. The average Bonchev–Trinajstić information content (AvgIpc) is 2.58. The molecule has 1 rings (SSSR count). The normalized spacial score (nSPS) is 10.8. The standard InChI is InChI=1S/C10H16F2N4O/c1-2-3-4-14-10(17)9-7(13)5-16(15-9)6-8(11)12/h5,8H,2-4,6,13H2,1H3,(H,14,17). The molecule has 5 nitrogen and oxygen atoms in total. The Morgan fingerprint density at radius 3 is 2.94 bits per heavy atom. The van der Waals surface area contributed by atoms with Crippen LogP contribution in [0.25, 0.3) is 0 Å². The lowest BCUT2D eigenvalue weighted by Crippen LogP contribution is -2.25. The Morgan fingerprint density at radius 2 is 2.35 bits per heavy atom. The molecule has 0 atom stereocenters. The van der Waals surface area contributed by atoms with E-state index < -0.39 is 18.9 Å². The van der Waals surface area contributed by atoms with Crippen LogP contribution in [0.15, 0.2) is 6.20 Å². The Bertz CT molecular complexity index is 378. The molecule has 1 amide bonds. The summed E-state index contributed by atoms with van der Waals surface area (Å²) in [5, 5.41) is 6.35. The summed E-state index contributed by atoms with van der Waals surface area (Å²) in [5.41, 5.74) is 5.65. The van der Waals surface area contributed by atoms with Gasteiger partial charge in [-0.25, -0.2) is 8.78 Å². The number of aromatic nitrogens is 2. The third-order valence-electron chi connectivity index (χ3n) is 2.15. The minimum absolute atomic E-state index is 0.00162. The Labute approximate surface area is 98.0 Å². The van der Waals surface area contributed by atoms with Crippen molar-refractivity contribution in [1.82, 2.24) is 15.1 Å². The molecule has 0 saturated carbocycles. The monoisotopic (exact) mass is 246 g/mol. The molecule has 0 aromatic carbocycles. The highest BCUT2D eigenvalue weighted by Gasteiger charge is 2.15. The van der Waals surface area contributed by atoms with Crippen molar-refractivity contribution in [2.24, 2.45) is 0 Å². The molecule has 3 N–H and O–H groups in total. The molecule has 0 saturated heterocycles. The molecule has 0 spiro atoms. The van der Waals surface area contributed by atoms with Crippen LogP contribution in [0.3, 0.4) is 0 Å². The van der Waals surface area contributed by atoms with Crippen molar-refractivity contribution >= 4 is 11.6 Å². The van der Waals surface area contributed by atoms with E-state index >= 15 is 0 Å². The Morgan fingerprint density at radius 1 is 1.65 bits per heavy atom. The topological polar surface area (TPSA) is 72.9 Å². The first-order valence-corrected chi connectivity index (χ1v) is 5.43. The van der Waals surface area contributed by atoms with Gasteiger partial charge in [-0.1, -0.05) is 13.3 Å². The lowest BCUT2D eigenvalue weighted by molar-refractivity contribution is 0.0943. The first-order chi connectivity index (χ1) is 8.04. The molecule has 1 aromatic rings. The zero-order valence-electron chi connectivity index (χ0n) is 9.62. The van der Waals surface area contributed by atoms with Crippen LogP contribution >= 0.6 is 0 Å². The fourth-order valence-corrected chi connectivity index (χ4v) is 1.31. The van der Waals surface area contributed by atoms with E-state index in [1.165, 1.54) is 6.20 Å². The van der Waals surface area contributed by atoms with Gasteiger partial charge in [-0.2, -0.15) is 5.10 Å². The third-order valence-corrected chi connectivity index (χ3v) is 2.15. The van der Waals surface area contributed by atoms with E-state index in [0.29, 0.717) is 6.54 Å². The van der Waals surface area contributed by atoms with Crippen molar-refractivity contribution in [1.29, 1.82) is 0 Å². The molecule has 1 heterocycles. The van der Waals surface area contributed by atoms with Gasteiger partial charge in [0.05, 0.1) is 5.69 Å². The van der Waals surface area contributed by atoms with Crippen LogP contribution < -0.4 is 11.1 Å². The maximum absolute atomic E-state index is 12.1. The van der Waals surface area contributed by atoms with Crippen molar-refractivity contribution < 1.29 is 13.6 Å². The Balaban J connectivity index is 2.63. The lowest BCUT2D eigenvalue weighted by Gasteiger charge is -2.02. The van der Waals surface area contributed by atoms with E-state index in [4.69, 9.17) is 5.73 Å². The predicted octanol–water partition coefficient (Wildman–Crippen LogP) is 1.26. The second kappa shape index (κ2) is 6.17. The fraction of sp³-hybridized carbons (Fsp3) is 0.600. The van der Waals surface area contributed by atoms with Crippen molar-refractivity contribution in [3.05, 3.63) is 11.9 Å². The van der Waals surface area contributed by atoms with Crippen LogP contribution in [0.1, 0.15) is 30.3 Å². The molecule has 7 heteroatoms. The summed E-state index contributed by atoms with van der Waals surface area (Å²) in [7, 11) is 0. The van der Waals surface area contributed by atoms with Crippen LogP contribution in [-0.4, -0.2) is 28.7 Å². The number of carbonyl (C=O) groups excluding carboxylic acids is 1. The molecule has 17 heavy (non-hydrogen) atoms. The molecule has 0 bridgehead atoms. The summed E-state index contributed by atoms with van der Waals surface area (Å²) in [6.07, 6.45) is 0.519. The molecular formula is C10H16F2N4O. The number of anilines is 1. The Kier molecular flexibility index (Phi) is 4.86. The summed E-state index contributed by atoms with van der Waals surface area (Å²) >= 11 is 0. The minimum Gasteiger partial charge on any atom is -0.396 e. The van der Waals surface area contributed by atoms with E-state index in [-0.39, 0.29) is 11.4 Å². The van der Waals surface area contributed by atoms with Crippen LogP contribution in [-0.2, 0) is 6.54 Å². The highest BCUT2D eigenvalue weighted by Crippen LogP contribution is 2.10. The molecule has 0 unspecified atom stereocenters. The van der Waals surface area contributed by atoms with Crippen molar-refractivity contribution in [3.8, 4) is 0 Å². The minimum atomic E-state index is -2.52. The van der Waals surface area contributed by atoms with E-state index in [1.807, 2.05) is 6.92 Å². The number of rotatable bonds is 6. The van der Waals surface area contributed by atoms with E-state index in [0.717, 1.165) is 17.5 Å². The van der Waals surface area contributed by atoms with Gasteiger partial charge in [-0.3, -0.25) is 9.48 Å². The summed E-state index contributed by atoms with van der Waals surface area (Å²) in [6.45, 7) is 1.96. The van der Waals surface area contributed by atoms with Crippen molar-refractivity contribution in [2.45, 2.75) is 32.7 Å². The number of amides is 1. The van der Waals surface area contributed by atoms with E-state index in [2.05, 4.69) is 10.4 Å². The number of carbonyl (C=O) groups is 1. The van der Waals surface area contributed by atoms with Gasteiger partial charge >= 0.3 is 0 Å². The van der Waals surface area contributed by atoms with Crippen LogP contribution in [0.4, 0.5) is 14.5 Å². The van der Waals surface area contributed by atoms with Gasteiger partial charge in [0.15, 0.2) is 5.69 Å². The molecule has 0 radical (unpaired) electrons. The number of nitrogens with zero attached hydrogens (tertiary/aromatic N) is 2. The third kappa shape index (κ3) is 4.01. The molecule has 96 valence electrons. The number of hydrogen-bond acceptors (Lipinski definition) is 3. The predicted molar refractivity (Wildman–Crippen MR) is 59.9 cm³/mol. The van der Waals surface area contributed by atoms with Crippen LogP contribution in [0.2, 0.25) is 0 Å². The second-order valence-electron chi connectivity index (χ2n) is 3.66. The molecule has 1 aromatic heterocycles. The fourth-order valence-electron chi connectivity index (χ4n) is 1.31. The SMILES string of the molecule is CCCCNC(=O)c1nn(CC(F)F)cc1N. The lowest BCUT2D eigenvalue weighted by atomic mass is 10.3. The van der Waals surface area contributed by atoms with Gasteiger partial charge in [0, 0.05) is 12.7 Å². The number of nitrogens with two attached hydrogens (primary N) is 1. The quantitative estimate of drug-likeness (QED) is 0.742. The number of alkyl halides is 2. The zero-order chi connectivity index (χ0) is 12.8. The average molecular weight is 246 g/mol. The molecular weight excluding hydrogens is 230 g/mol. The zero-order valence-corrected chi connectivity index (χ0v) is 9.62. The summed E-state index contributed by atoms with van der Waals surface area (Å²) in [6, 6.07) is 0. The van der Waals surface area contributed by atoms with Gasteiger partial charge in [0.25, 0.3) is 12.3 Å². The summed E-state index contributed by atoms with van der Waals surface area (Å²) in [5.74, 6) is -0.427. The van der Waals surface area contributed by atoms with E-state index in [1.54, 1.807) is 0 Å². The molecule has 0 aliphatic rings. The Hall–Kier alpha value is -1.66. The highest BCUT2D eigenvalue weighted by atomic mass is 19.3. The summed E-state index contributed by atoms with van der Waals surface area (Å²) in [4.78, 5) is 11.6. The van der Waals surface area contributed by atoms with Crippen LogP contribution in [0.5, 0.6) is 0 Å². The molecule has 0 aliphatic heterocycles. The maximum atomic E-state index is 12.1. The smallest absolute Gasteiger partial charge is 0.273 e. The number of nitrogens with one attached hydrogen (secondary N) is 1. The number of hydrogen-bond donors (Lipinski definition) is 2. The number of halogens is 2. The van der Waals surface area contributed by atoms with E-state index in [9.17, 15) is 13.6 Å². The highest BCUT2D eigenvalue weighted by molar-refractivity contribution is 5.96.